The molecule has 4 fully saturated rings. The molecule has 0 heterocycles. The third kappa shape index (κ3) is 1.83. The Hall–Kier alpha value is -0.400. The molecule has 0 aromatic carbocycles. The van der Waals surface area contributed by atoms with Crippen LogP contribution in [0.15, 0.2) is 0 Å². The predicted octanol–water partition coefficient (Wildman–Crippen LogP) is 4.94. The first-order valence-electron chi connectivity index (χ1n) is 9.12. The smallest absolute Gasteiger partial charge is 0.139 e. The Bertz CT molecular complexity index is 460. The van der Waals surface area contributed by atoms with Crippen molar-refractivity contribution in [1.29, 1.82) is 0 Å². The molecule has 4 rings (SSSR count). The van der Waals surface area contributed by atoms with Crippen LogP contribution in [-0.4, -0.2) is 12.0 Å². The zero-order valence-electron chi connectivity index (χ0n) is 13.5. The Balaban J connectivity index is 1.64. The Morgan fingerprint density at radius 2 is 1.81 bits per heavy atom. The molecule has 21 heavy (non-hydrogen) atoms. The molecule has 0 saturated heterocycles. The lowest BCUT2D eigenvalue weighted by Gasteiger charge is -2.59. The molecule has 0 N–H and O–H groups in total. The number of carbonyl (C=O) groups excluding carboxylic acids is 1. The van der Waals surface area contributed by atoms with E-state index in [1.807, 2.05) is 0 Å². The summed E-state index contributed by atoms with van der Waals surface area (Å²) in [6.45, 7) is 4.70. The van der Waals surface area contributed by atoms with Gasteiger partial charge in [-0.2, -0.15) is 0 Å². The average Bonchev–Trinajstić information content (AvgIpc) is 2.76. The van der Waals surface area contributed by atoms with Crippen LogP contribution in [0.1, 0.15) is 71.6 Å². The van der Waals surface area contributed by atoms with Crippen molar-refractivity contribution in [3.8, 4) is 0 Å². The number of hydrogen-bond acceptors (Lipinski definition) is 1. The molecule has 0 spiro atoms. The largest absolute Gasteiger partial charge is 0.299 e. The highest BCUT2D eigenvalue weighted by Crippen LogP contribution is 2.65. The van der Waals surface area contributed by atoms with Crippen molar-refractivity contribution in [2.75, 3.05) is 0 Å². The second-order valence-electron chi connectivity index (χ2n) is 8.95. The molecule has 4 aliphatic carbocycles. The fraction of sp³-hybridized carbons (Fsp3) is 0.947. The highest BCUT2D eigenvalue weighted by Gasteiger charge is 2.60. The number of halogens is 1. The fourth-order valence-electron chi connectivity index (χ4n) is 6.98. The Morgan fingerprint density at radius 3 is 2.62 bits per heavy atom. The van der Waals surface area contributed by atoms with Crippen LogP contribution in [-0.2, 0) is 4.79 Å². The van der Waals surface area contributed by atoms with Crippen molar-refractivity contribution in [3.05, 3.63) is 0 Å². The second kappa shape index (κ2) is 4.55. The van der Waals surface area contributed by atoms with Crippen LogP contribution in [0.25, 0.3) is 0 Å². The SMILES string of the molecule is C[C@]12CCC(F)CC1CC[C@@H]1[C@@H]2CC[C@]2(C)C(=O)CC[C@@H]12. The second-order valence-corrected chi connectivity index (χ2v) is 8.95. The molecule has 0 aromatic rings. The van der Waals surface area contributed by atoms with Gasteiger partial charge in [0, 0.05) is 11.8 Å². The van der Waals surface area contributed by atoms with Gasteiger partial charge in [0.2, 0.25) is 0 Å². The summed E-state index contributed by atoms with van der Waals surface area (Å²) in [6.07, 6.45) is 8.83. The summed E-state index contributed by atoms with van der Waals surface area (Å²) >= 11 is 0. The van der Waals surface area contributed by atoms with Crippen molar-refractivity contribution in [1.82, 2.24) is 0 Å². The summed E-state index contributed by atoms with van der Waals surface area (Å²) in [5.41, 5.74) is 0.347. The lowest BCUT2D eigenvalue weighted by Crippen LogP contribution is -2.53. The number of carbonyl (C=O) groups is 1. The summed E-state index contributed by atoms with van der Waals surface area (Å²) < 4.78 is 13.8. The lowest BCUT2D eigenvalue weighted by molar-refractivity contribution is -0.140. The van der Waals surface area contributed by atoms with Crippen LogP contribution >= 0.6 is 0 Å². The first kappa shape index (κ1) is 14.2. The van der Waals surface area contributed by atoms with E-state index in [1.54, 1.807) is 0 Å². The number of hydrogen-bond donors (Lipinski definition) is 0. The van der Waals surface area contributed by atoms with E-state index in [0.29, 0.717) is 23.0 Å². The Labute approximate surface area is 128 Å². The molecular weight excluding hydrogens is 263 g/mol. The third-order valence-electron chi connectivity index (χ3n) is 8.31. The van der Waals surface area contributed by atoms with Crippen LogP contribution < -0.4 is 0 Å². The Kier molecular flexibility index (Phi) is 3.08. The number of alkyl halides is 1. The van der Waals surface area contributed by atoms with Gasteiger partial charge in [0.15, 0.2) is 0 Å². The predicted molar refractivity (Wildman–Crippen MR) is 81.6 cm³/mol. The van der Waals surface area contributed by atoms with Gasteiger partial charge in [0.1, 0.15) is 12.0 Å². The standard InChI is InChI=1S/C19H29FO/c1-18-9-7-13(20)11-12(18)3-4-14-15-5-6-17(21)19(15,2)10-8-16(14)18/h12-16H,3-11H2,1-2H3/t12?,13?,14-,15-,16-,18-,19-/m0/s1. The van der Waals surface area contributed by atoms with Crippen LogP contribution in [0.3, 0.4) is 0 Å². The molecule has 4 saturated carbocycles. The Morgan fingerprint density at radius 1 is 1.00 bits per heavy atom. The molecule has 0 aromatic heterocycles. The van der Waals surface area contributed by atoms with E-state index < -0.39 is 6.17 Å². The number of rotatable bonds is 0. The van der Waals surface area contributed by atoms with Gasteiger partial charge >= 0.3 is 0 Å². The van der Waals surface area contributed by atoms with Crippen LogP contribution in [0.2, 0.25) is 0 Å². The number of ketones is 1. The lowest BCUT2D eigenvalue weighted by atomic mass is 9.45. The van der Waals surface area contributed by atoms with Crippen molar-refractivity contribution in [2.45, 2.75) is 77.8 Å². The van der Waals surface area contributed by atoms with E-state index in [1.165, 1.54) is 19.3 Å². The van der Waals surface area contributed by atoms with Gasteiger partial charge in [-0.15, -0.1) is 0 Å². The molecule has 4 aliphatic rings. The summed E-state index contributed by atoms with van der Waals surface area (Å²) in [7, 11) is 0. The normalized spacial score (nSPS) is 56.5. The number of fused-ring (bicyclic) bond motifs is 5. The topological polar surface area (TPSA) is 17.1 Å². The average molecular weight is 292 g/mol. The maximum atomic E-state index is 13.8. The summed E-state index contributed by atoms with van der Waals surface area (Å²) in [6, 6.07) is 0. The molecule has 118 valence electrons. The van der Waals surface area contributed by atoms with Gasteiger partial charge < -0.3 is 0 Å². The third-order valence-corrected chi connectivity index (χ3v) is 8.31. The van der Waals surface area contributed by atoms with E-state index in [9.17, 15) is 9.18 Å². The summed E-state index contributed by atoms with van der Waals surface area (Å²) in [4.78, 5) is 12.4. The maximum absolute atomic E-state index is 13.8. The summed E-state index contributed by atoms with van der Waals surface area (Å²) in [5, 5.41) is 0. The highest BCUT2D eigenvalue weighted by molar-refractivity contribution is 5.87. The first-order valence-corrected chi connectivity index (χ1v) is 9.12. The minimum Gasteiger partial charge on any atom is -0.299 e. The molecule has 7 atom stereocenters. The van der Waals surface area contributed by atoms with Gasteiger partial charge in [0.25, 0.3) is 0 Å². The highest BCUT2D eigenvalue weighted by atomic mass is 19.1. The van der Waals surface area contributed by atoms with Gasteiger partial charge in [0.05, 0.1) is 0 Å². The molecule has 0 radical (unpaired) electrons. The van der Waals surface area contributed by atoms with Gasteiger partial charge in [-0.1, -0.05) is 13.8 Å². The molecule has 0 bridgehead atoms. The van der Waals surface area contributed by atoms with Gasteiger partial charge in [-0.05, 0) is 80.5 Å². The van der Waals surface area contributed by atoms with E-state index in [2.05, 4.69) is 13.8 Å². The molecule has 2 heteroatoms. The maximum Gasteiger partial charge on any atom is 0.139 e. The van der Waals surface area contributed by atoms with Crippen molar-refractivity contribution in [2.24, 2.45) is 34.5 Å². The van der Waals surface area contributed by atoms with Crippen molar-refractivity contribution in [3.63, 3.8) is 0 Å². The zero-order valence-corrected chi connectivity index (χ0v) is 13.5. The molecule has 0 aliphatic heterocycles. The van der Waals surface area contributed by atoms with E-state index in [0.717, 1.165) is 50.4 Å². The fourth-order valence-corrected chi connectivity index (χ4v) is 6.98. The molecule has 0 amide bonds. The van der Waals surface area contributed by atoms with E-state index in [-0.39, 0.29) is 5.41 Å². The van der Waals surface area contributed by atoms with E-state index in [4.69, 9.17) is 0 Å². The minimum absolute atomic E-state index is 0.0122. The zero-order chi connectivity index (χ0) is 14.8. The van der Waals surface area contributed by atoms with E-state index >= 15 is 0 Å². The monoisotopic (exact) mass is 292 g/mol. The van der Waals surface area contributed by atoms with Crippen molar-refractivity contribution < 1.29 is 9.18 Å². The van der Waals surface area contributed by atoms with Gasteiger partial charge in [-0.25, -0.2) is 4.39 Å². The van der Waals surface area contributed by atoms with Crippen LogP contribution in [0.4, 0.5) is 4.39 Å². The number of Topliss-reactive ketones (excluding diaryl/α,β-unsaturated/α-hetero) is 1. The van der Waals surface area contributed by atoms with Crippen LogP contribution in [0.5, 0.6) is 0 Å². The van der Waals surface area contributed by atoms with Crippen LogP contribution in [0, 0.1) is 34.5 Å². The summed E-state index contributed by atoms with van der Waals surface area (Å²) in [5.74, 6) is 3.26. The molecular formula is C19H29FO. The first-order chi connectivity index (χ1) is 9.95. The minimum atomic E-state index is -0.554. The van der Waals surface area contributed by atoms with Crippen molar-refractivity contribution >= 4 is 5.78 Å². The van der Waals surface area contributed by atoms with Gasteiger partial charge in [-0.3, -0.25) is 4.79 Å². The molecule has 2 unspecified atom stereocenters. The molecule has 1 nitrogen and oxygen atoms in total. The quantitative estimate of drug-likeness (QED) is 0.618.